The molecule has 1 atom stereocenters. The van der Waals surface area contributed by atoms with Gasteiger partial charge >= 0.3 is 6.03 Å². The van der Waals surface area contributed by atoms with Crippen LogP contribution in [0.15, 0.2) is 48.0 Å². The van der Waals surface area contributed by atoms with E-state index in [-0.39, 0.29) is 28.1 Å². The minimum absolute atomic E-state index is 0.00491. The topological polar surface area (TPSA) is 116 Å². The molecule has 9 nitrogen and oxygen atoms in total. The summed E-state index contributed by atoms with van der Waals surface area (Å²) >= 11 is 0. The first-order valence-corrected chi connectivity index (χ1v) is 16.9. The lowest BCUT2D eigenvalue weighted by Gasteiger charge is -2.60. The number of imide groups is 2. The van der Waals surface area contributed by atoms with E-state index in [2.05, 4.69) is 65.1 Å². The summed E-state index contributed by atoms with van der Waals surface area (Å²) in [7, 11) is 1.37. The van der Waals surface area contributed by atoms with E-state index in [1.165, 1.54) is 35.7 Å². The molecule has 0 bridgehead atoms. The Hall–Kier alpha value is -4.14. The lowest BCUT2D eigenvalue weighted by molar-refractivity contribution is -0.200. The number of barbiturate groups is 1. The van der Waals surface area contributed by atoms with E-state index in [1.807, 2.05) is 6.92 Å². The second-order valence-electron chi connectivity index (χ2n) is 14.7. The lowest BCUT2D eigenvalue weighted by atomic mass is 9.59. The highest BCUT2D eigenvalue weighted by atomic mass is 16.5. The van der Waals surface area contributed by atoms with Crippen LogP contribution in [0.4, 0.5) is 4.79 Å². The van der Waals surface area contributed by atoms with Crippen LogP contribution < -0.4 is 10.1 Å². The molecular formula is C38H49N3O6. The van der Waals surface area contributed by atoms with Crippen LogP contribution in [0.1, 0.15) is 110 Å². The van der Waals surface area contributed by atoms with Crippen LogP contribution in [-0.4, -0.2) is 57.5 Å². The Morgan fingerprint density at radius 2 is 1.53 bits per heavy atom. The number of hydrogen-bond acceptors (Lipinski definition) is 6. The molecule has 252 valence electrons. The van der Waals surface area contributed by atoms with Crippen molar-refractivity contribution >= 4 is 29.8 Å². The van der Waals surface area contributed by atoms with E-state index in [4.69, 9.17) is 4.74 Å². The van der Waals surface area contributed by atoms with Gasteiger partial charge in [-0.3, -0.25) is 24.2 Å². The maximum absolute atomic E-state index is 13.7. The van der Waals surface area contributed by atoms with Gasteiger partial charge in [-0.15, -0.1) is 0 Å². The first kappa shape index (κ1) is 34.2. The number of rotatable bonds is 9. The first-order chi connectivity index (χ1) is 22.1. The normalized spacial score (nSPS) is 26.1. The van der Waals surface area contributed by atoms with Crippen molar-refractivity contribution in [1.82, 2.24) is 15.1 Å². The van der Waals surface area contributed by atoms with E-state index in [0.717, 1.165) is 29.1 Å². The van der Waals surface area contributed by atoms with Gasteiger partial charge in [0, 0.05) is 25.1 Å². The number of phenolic OH excluding ortho intramolecular Hbond substituents is 1. The third kappa shape index (κ3) is 5.61. The summed E-state index contributed by atoms with van der Waals surface area (Å²) in [6.07, 6.45) is 5.57. The van der Waals surface area contributed by atoms with Gasteiger partial charge in [-0.25, -0.2) is 4.79 Å². The Morgan fingerprint density at radius 1 is 0.915 bits per heavy atom. The van der Waals surface area contributed by atoms with Crippen LogP contribution >= 0.6 is 0 Å². The van der Waals surface area contributed by atoms with Crippen molar-refractivity contribution in [2.45, 2.75) is 116 Å². The maximum atomic E-state index is 13.7. The van der Waals surface area contributed by atoms with E-state index in [0.29, 0.717) is 37.7 Å². The Kier molecular flexibility index (Phi) is 8.84. The molecule has 2 N–H and O–H groups in total. The fourth-order valence-corrected chi connectivity index (χ4v) is 7.22. The van der Waals surface area contributed by atoms with E-state index < -0.39 is 35.0 Å². The average molecular weight is 644 g/mol. The molecule has 0 radical (unpaired) electrons. The summed E-state index contributed by atoms with van der Waals surface area (Å²) < 4.78 is 6.96. The SMILES string of the molecule is CCC(C)(C)c1ccc(OC2(CC)NC(=O)C23CCC(N2C(=O)C(=Cc4ccc(O)cc4)C(=O)N(C)C2=O)CC3)c(C(C)(C)CC)c1. The fraction of sp³-hybridized carbons (Fsp3) is 0.526. The fourth-order valence-electron chi connectivity index (χ4n) is 7.22. The van der Waals surface area contributed by atoms with Crippen molar-refractivity contribution in [3.8, 4) is 11.5 Å². The van der Waals surface area contributed by atoms with Gasteiger partial charge in [0.1, 0.15) is 22.5 Å². The summed E-state index contributed by atoms with van der Waals surface area (Å²) in [5, 5.41) is 12.8. The van der Waals surface area contributed by atoms with Crippen molar-refractivity contribution < 1.29 is 29.0 Å². The number of carbonyl (C=O) groups is 4. The Morgan fingerprint density at radius 3 is 2.09 bits per heavy atom. The number of aromatic hydroxyl groups is 1. The van der Waals surface area contributed by atoms with Crippen LogP contribution in [0, 0.1) is 5.41 Å². The minimum Gasteiger partial charge on any atom is -0.508 e. The van der Waals surface area contributed by atoms with Crippen LogP contribution in [0.5, 0.6) is 11.5 Å². The van der Waals surface area contributed by atoms with Gasteiger partial charge in [-0.05, 0) is 84.8 Å². The van der Waals surface area contributed by atoms with E-state index in [9.17, 15) is 24.3 Å². The zero-order valence-corrected chi connectivity index (χ0v) is 29.0. The Bertz CT molecular complexity index is 1620. The van der Waals surface area contributed by atoms with Crippen molar-refractivity contribution in [3.63, 3.8) is 0 Å². The Balaban J connectivity index is 1.42. The van der Waals surface area contributed by atoms with Gasteiger partial charge in [0.05, 0.1) is 0 Å². The summed E-state index contributed by atoms with van der Waals surface area (Å²) in [6, 6.07) is 11.4. The molecule has 2 aromatic rings. The predicted octanol–water partition coefficient (Wildman–Crippen LogP) is 6.82. The quantitative estimate of drug-likeness (QED) is 0.176. The maximum Gasteiger partial charge on any atom is 0.333 e. The molecule has 2 saturated heterocycles. The summed E-state index contributed by atoms with van der Waals surface area (Å²) in [5.41, 5.74) is 0.896. The third-order valence-electron chi connectivity index (χ3n) is 11.4. The molecule has 1 spiro atoms. The monoisotopic (exact) mass is 643 g/mol. The lowest BCUT2D eigenvalue weighted by Crippen LogP contribution is -2.80. The number of β-lactam (4-membered cyclic amide) rings is 1. The zero-order chi connectivity index (χ0) is 34.5. The molecule has 1 unspecified atom stereocenters. The molecule has 2 heterocycles. The van der Waals surface area contributed by atoms with Gasteiger partial charge in [0.2, 0.25) is 5.91 Å². The molecule has 0 aromatic heterocycles. The minimum atomic E-state index is -0.929. The number of urea groups is 1. The molecule has 3 fully saturated rings. The zero-order valence-electron chi connectivity index (χ0n) is 29.0. The number of hydrogen-bond donors (Lipinski definition) is 2. The van der Waals surface area contributed by atoms with Crippen LogP contribution in [0.25, 0.3) is 6.08 Å². The molecule has 47 heavy (non-hydrogen) atoms. The molecule has 1 aliphatic carbocycles. The second-order valence-corrected chi connectivity index (χ2v) is 14.7. The van der Waals surface area contributed by atoms with Crippen molar-refractivity contribution in [1.29, 1.82) is 0 Å². The number of amides is 5. The van der Waals surface area contributed by atoms with Gasteiger partial charge in [-0.2, -0.15) is 0 Å². The number of carbonyl (C=O) groups excluding carboxylic acids is 4. The average Bonchev–Trinajstić information content (AvgIpc) is 3.06. The van der Waals surface area contributed by atoms with Crippen LogP contribution in [0.2, 0.25) is 0 Å². The van der Waals surface area contributed by atoms with Crippen molar-refractivity contribution in [2.24, 2.45) is 5.41 Å². The standard InChI is InChI=1S/C38H49N3O6/c1-9-35(4,5)25-14-17-30(29(23-25)36(6,7)10-2)47-38(11-3)37(33(45)39-38)20-18-26(19-21-37)41-32(44)28(31(43)40(8)34(41)46)22-24-12-15-27(42)16-13-24/h12-17,22-23,26,42H,9-11,18-21H2,1-8H3,(H,39,45). The molecule has 9 heteroatoms. The van der Waals surface area contributed by atoms with Crippen LogP contribution in [0.3, 0.4) is 0 Å². The number of nitrogens with one attached hydrogen (secondary N) is 1. The number of likely N-dealkylation sites (N-methyl/N-ethyl adjacent to an activating group) is 1. The van der Waals surface area contributed by atoms with Gasteiger partial charge in [0.15, 0.2) is 5.72 Å². The highest BCUT2D eigenvalue weighted by Gasteiger charge is 2.68. The van der Waals surface area contributed by atoms with Crippen molar-refractivity contribution in [2.75, 3.05) is 7.05 Å². The number of ether oxygens (including phenoxy) is 1. The first-order valence-electron chi connectivity index (χ1n) is 16.9. The molecule has 3 aliphatic rings. The summed E-state index contributed by atoms with van der Waals surface area (Å²) in [4.78, 5) is 55.7. The third-order valence-corrected chi connectivity index (χ3v) is 11.4. The highest BCUT2D eigenvalue weighted by Crippen LogP contribution is 2.55. The largest absolute Gasteiger partial charge is 0.508 e. The molecule has 5 amide bonds. The molecular weight excluding hydrogens is 594 g/mol. The predicted molar refractivity (Wildman–Crippen MR) is 181 cm³/mol. The number of nitrogens with zero attached hydrogens (tertiary/aromatic N) is 2. The molecule has 2 aromatic carbocycles. The second kappa shape index (κ2) is 12.1. The number of phenols is 1. The van der Waals surface area contributed by atoms with Crippen LogP contribution in [-0.2, 0) is 25.2 Å². The van der Waals surface area contributed by atoms with Crippen molar-refractivity contribution in [3.05, 3.63) is 64.7 Å². The summed E-state index contributed by atoms with van der Waals surface area (Å²) in [5.74, 6) is -0.568. The molecule has 2 aliphatic heterocycles. The highest BCUT2D eigenvalue weighted by molar-refractivity contribution is 6.30. The van der Waals surface area contributed by atoms with Gasteiger partial charge in [-0.1, -0.05) is 72.7 Å². The molecule has 1 saturated carbocycles. The molecule has 5 rings (SSSR count). The number of benzene rings is 2. The Labute approximate surface area is 278 Å². The van der Waals surface area contributed by atoms with E-state index in [1.54, 1.807) is 12.1 Å². The van der Waals surface area contributed by atoms with E-state index >= 15 is 0 Å². The smallest absolute Gasteiger partial charge is 0.333 e. The van der Waals surface area contributed by atoms with Gasteiger partial charge < -0.3 is 15.2 Å². The van der Waals surface area contributed by atoms with Gasteiger partial charge in [0.25, 0.3) is 11.8 Å². The summed E-state index contributed by atoms with van der Waals surface area (Å²) in [6.45, 7) is 15.3.